The van der Waals surface area contributed by atoms with Crippen molar-refractivity contribution in [3.8, 4) is 11.5 Å². The highest BCUT2D eigenvalue weighted by Crippen LogP contribution is 2.29. The molecule has 22 heavy (non-hydrogen) atoms. The van der Waals surface area contributed by atoms with Gasteiger partial charge in [-0.3, -0.25) is 4.99 Å². The van der Waals surface area contributed by atoms with Crippen LogP contribution in [-0.4, -0.2) is 39.9 Å². The third-order valence-electron chi connectivity index (χ3n) is 3.24. The first-order chi connectivity index (χ1) is 10.2. The summed E-state index contributed by atoms with van der Waals surface area (Å²) < 4.78 is 16.0. The van der Waals surface area contributed by atoms with Crippen molar-refractivity contribution < 1.29 is 14.2 Å². The first-order valence-electron chi connectivity index (χ1n) is 7.09. The summed E-state index contributed by atoms with van der Waals surface area (Å²) in [6, 6.07) is 5.45. The number of halogens is 1. The van der Waals surface area contributed by atoms with E-state index >= 15 is 0 Å². The van der Waals surface area contributed by atoms with Crippen molar-refractivity contribution in [2.24, 2.45) is 16.6 Å². The van der Waals surface area contributed by atoms with E-state index in [4.69, 9.17) is 19.9 Å². The summed E-state index contributed by atoms with van der Waals surface area (Å²) in [5.74, 6) is 2.50. The molecule has 7 heteroatoms. The lowest BCUT2D eigenvalue weighted by molar-refractivity contribution is 0.132. The second kappa shape index (κ2) is 9.73. The largest absolute Gasteiger partial charge is 0.497 e. The fourth-order valence-corrected chi connectivity index (χ4v) is 1.85. The molecule has 1 aliphatic rings. The maximum atomic E-state index is 5.86. The van der Waals surface area contributed by atoms with E-state index in [2.05, 4.69) is 10.3 Å². The normalized spacial score (nSPS) is 14.2. The Morgan fingerprint density at radius 1 is 1.32 bits per heavy atom. The molecule has 0 aromatic heterocycles. The molecule has 2 rings (SSSR count). The highest BCUT2D eigenvalue weighted by Gasteiger charge is 2.20. The van der Waals surface area contributed by atoms with E-state index in [9.17, 15) is 0 Å². The summed E-state index contributed by atoms with van der Waals surface area (Å²) in [4.78, 5) is 4.23. The predicted molar refractivity (Wildman–Crippen MR) is 98.6 cm³/mol. The van der Waals surface area contributed by atoms with Gasteiger partial charge in [-0.25, -0.2) is 0 Å². The van der Waals surface area contributed by atoms with Gasteiger partial charge in [0.2, 0.25) is 0 Å². The number of nitrogens with one attached hydrogen (secondary N) is 1. The molecule has 0 atom stereocenters. The van der Waals surface area contributed by atoms with Gasteiger partial charge in [0, 0.05) is 12.7 Å². The Balaban J connectivity index is 0.00000242. The van der Waals surface area contributed by atoms with E-state index in [1.165, 1.54) is 12.8 Å². The highest BCUT2D eigenvalue weighted by atomic mass is 127. The van der Waals surface area contributed by atoms with Crippen LogP contribution in [0.1, 0.15) is 12.8 Å². The summed E-state index contributed by atoms with van der Waals surface area (Å²) in [5, 5.41) is 3.02. The molecule has 0 amide bonds. The number of benzene rings is 1. The molecule has 1 saturated carbocycles. The van der Waals surface area contributed by atoms with Crippen molar-refractivity contribution in [1.29, 1.82) is 0 Å². The van der Waals surface area contributed by atoms with Crippen LogP contribution in [0.15, 0.2) is 23.2 Å². The molecule has 1 aromatic rings. The zero-order valence-electron chi connectivity index (χ0n) is 13.0. The molecule has 1 aliphatic carbocycles. The first kappa shape index (κ1) is 18.8. The number of rotatable bonds is 8. The molecule has 0 saturated heterocycles. The number of anilines is 1. The van der Waals surface area contributed by atoms with Gasteiger partial charge in [0.05, 0.1) is 33.1 Å². The van der Waals surface area contributed by atoms with E-state index in [1.54, 1.807) is 14.2 Å². The van der Waals surface area contributed by atoms with Gasteiger partial charge >= 0.3 is 0 Å². The van der Waals surface area contributed by atoms with Crippen LogP contribution < -0.4 is 20.5 Å². The van der Waals surface area contributed by atoms with Gasteiger partial charge in [-0.15, -0.1) is 24.0 Å². The quantitative estimate of drug-likeness (QED) is 0.292. The standard InChI is InChI=1S/C15H23N3O3.HI/c1-19-12-5-6-14(20-2)13(9-12)18-15(16)17-7-8-21-10-11-3-4-11;/h5-6,9,11H,3-4,7-8,10H2,1-2H3,(H3,16,17,18);1H. The zero-order valence-corrected chi connectivity index (χ0v) is 15.3. The number of methoxy groups -OCH3 is 2. The van der Waals surface area contributed by atoms with Crippen molar-refractivity contribution in [1.82, 2.24) is 0 Å². The van der Waals surface area contributed by atoms with Crippen LogP contribution in [0.5, 0.6) is 11.5 Å². The fraction of sp³-hybridized carbons (Fsp3) is 0.533. The molecule has 0 aliphatic heterocycles. The molecule has 1 fully saturated rings. The number of nitrogens with zero attached hydrogens (tertiary/aromatic N) is 1. The van der Waals surface area contributed by atoms with Crippen LogP contribution in [0.2, 0.25) is 0 Å². The molecule has 3 N–H and O–H groups in total. The van der Waals surface area contributed by atoms with Crippen molar-refractivity contribution in [3.05, 3.63) is 18.2 Å². The third-order valence-corrected chi connectivity index (χ3v) is 3.24. The summed E-state index contributed by atoms with van der Waals surface area (Å²) in [6.07, 6.45) is 2.59. The Bertz CT molecular complexity index is 493. The van der Waals surface area contributed by atoms with E-state index < -0.39 is 0 Å². The molecular formula is C15H24IN3O3. The number of ether oxygens (including phenoxy) is 3. The van der Waals surface area contributed by atoms with Gasteiger partial charge in [-0.1, -0.05) is 0 Å². The van der Waals surface area contributed by atoms with Gasteiger partial charge < -0.3 is 25.3 Å². The minimum absolute atomic E-state index is 0. The average molecular weight is 421 g/mol. The molecule has 0 bridgehead atoms. The Labute approximate surface area is 148 Å². The fourth-order valence-electron chi connectivity index (χ4n) is 1.85. The summed E-state index contributed by atoms with van der Waals surface area (Å²) in [5.41, 5.74) is 6.58. The van der Waals surface area contributed by atoms with Gasteiger partial charge in [0.1, 0.15) is 11.5 Å². The van der Waals surface area contributed by atoms with Gasteiger partial charge in [-0.2, -0.15) is 0 Å². The number of nitrogens with two attached hydrogens (primary N) is 1. The first-order valence-corrected chi connectivity index (χ1v) is 7.09. The maximum Gasteiger partial charge on any atom is 0.193 e. The lowest BCUT2D eigenvalue weighted by Crippen LogP contribution is -2.23. The second-order valence-electron chi connectivity index (χ2n) is 4.98. The van der Waals surface area contributed by atoms with Crippen molar-refractivity contribution in [2.75, 3.05) is 39.3 Å². The smallest absolute Gasteiger partial charge is 0.193 e. The van der Waals surface area contributed by atoms with E-state index in [-0.39, 0.29) is 24.0 Å². The molecule has 0 spiro atoms. The lowest BCUT2D eigenvalue weighted by atomic mass is 10.2. The minimum Gasteiger partial charge on any atom is -0.497 e. The molecular weight excluding hydrogens is 397 g/mol. The van der Waals surface area contributed by atoms with Crippen LogP contribution in [-0.2, 0) is 4.74 Å². The van der Waals surface area contributed by atoms with E-state index in [0.717, 1.165) is 24.0 Å². The zero-order chi connectivity index (χ0) is 15.1. The molecule has 0 heterocycles. The number of hydrogen-bond donors (Lipinski definition) is 2. The molecule has 124 valence electrons. The number of aliphatic imine (C=N–C) groups is 1. The topological polar surface area (TPSA) is 78.1 Å². The second-order valence-corrected chi connectivity index (χ2v) is 4.98. The Kier molecular flexibility index (Phi) is 8.32. The minimum atomic E-state index is 0. The van der Waals surface area contributed by atoms with Gasteiger partial charge in [-0.05, 0) is 30.9 Å². The monoisotopic (exact) mass is 421 g/mol. The van der Waals surface area contributed by atoms with Crippen molar-refractivity contribution in [3.63, 3.8) is 0 Å². The average Bonchev–Trinajstić information content (AvgIpc) is 3.31. The van der Waals surface area contributed by atoms with Crippen LogP contribution >= 0.6 is 24.0 Å². The SMILES string of the molecule is COc1ccc(OC)c(NC(N)=NCCOCC2CC2)c1.I. The summed E-state index contributed by atoms with van der Waals surface area (Å²) >= 11 is 0. The molecule has 1 aromatic carbocycles. The van der Waals surface area contributed by atoms with E-state index in [1.807, 2.05) is 18.2 Å². The maximum absolute atomic E-state index is 5.86. The molecule has 6 nitrogen and oxygen atoms in total. The molecule has 0 unspecified atom stereocenters. The Morgan fingerprint density at radius 2 is 2.09 bits per heavy atom. The van der Waals surface area contributed by atoms with E-state index in [0.29, 0.717) is 24.9 Å². The highest BCUT2D eigenvalue weighted by molar-refractivity contribution is 14.0. The summed E-state index contributed by atoms with van der Waals surface area (Å²) in [6.45, 7) is 1.97. The van der Waals surface area contributed by atoms with Crippen molar-refractivity contribution >= 4 is 35.6 Å². The lowest BCUT2D eigenvalue weighted by Gasteiger charge is -2.12. The summed E-state index contributed by atoms with van der Waals surface area (Å²) in [7, 11) is 3.21. The van der Waals surface area contributed by atoms with Crippen LogP contribution in [0.25, 0.3) is 0 Å². The Morgan fingerprint density at radius 3 is 2.73 bits per heavy atom. The van der Waals surface area contributed by atoms with Gasteiger partial charge in [0.15, 0.2) is 5.96 Å². The van der Waals surface area contributed by atoms with Crippen LogP contribution in [0, 0.1) is 5.92 Å². The number of hydrogen-bond acceptors (Lipinski definition) is 4. The Hall–Kier alpha value is -1.22. The van der Waals surface area contributed by atoms with Crippen LogP contribution in [0.4, 0.5) is 5.69 Å². The number of guanidine groups is 1. The van der Waals surface area contributed by atoms with Gasteiger partial charge in [0.25, 0.3) is 0 Å². The molecule has 0 radical (unpaired) electrons. The van der Waals surface area contributed by atoms with Crippen LogP contribution in [0.3, 0.4) is 0 Å². The third kappa shape index (κ3) is 6.27. The van der Waals surface area contributed by atoms with Crippen molar-refractivity contribution in [2.45, 2.75) is 12.8 Å². The predicted octanol–water partition coefficient (Wildman–Crippen LogP) is 2.48.